The number of urea groups is 1. The molecule has 6 nitrogen and oxygen atoms in total. The van der Waals surface area contributed by atoms with Crippen molar-refractivity contribution in [1.29, 1.82) is 0 Å². The highest BCUT2D eigenvalue weighted by Crippen LogP contribution is 2.31. The topological polar surface area (TPSA) is 70.7 Å². The summed E-state index contributed by atoms with van der Waals surface area (Å²) in [5.74, 6) is 0.233. The molecular formula is C23H33N3O3. The molecule has 1 fully saturated rings. The van der Waals surface area contributed by atoms with Crippen LogP contribution in [0.1, 0.15) is 65.0 Å². The van der Waals surface area contributed by atoms with Gasteiger partial charge in [0.2, 0.25) is 0 Å². The van der Waals surface area contributed by atoms with Crippen molar-refractivity contribution < 1.29 is 14.3 Å². The zero-order valence-corrected chi connectivity index (χ0v) is 18.0. The first kappa shape index (κ1) is 21.2. The number of hydrogen-bond donors (Lipinski definition) is 2. The van der Waals surface area contributed by atoms with Crippen LogP contribution >= 0.6 is 0 Å². The van der Waals surface area contributed by atoms with E-state index in [0.717, 1.165) is 43.6 Å². The van der Waals surface area contributed by atoms with Crippen LogP contribution in [0.3, 0.4) is 0 Å². The lowest BCUT2D eigenvalue weighted by molar-refractivity contribution is -0.146. The van der Waals surface area contributed by atoms with Gasteiger partial charge in [-0.1, -0.05) is 25.5 Å². The van der Waals surface area contributed by atoms with Gasteiger partial charge in [-0.25, -0.2) is 9.59 Å². The van der Waals surface area contributed by atoms with Crippen molar-refractivity contribution in [3.8, 4) is 0 Å². The third kappa shape index (κ3) is 4.92. The minimum Gasteiger partial charge on any atom is -0.459 e. The number of allylic oxidation sites excluding steroid dienone is 1. The lowest BCUT2D eigenvalue weighted by Crippen LogP contribution is -2.45. The van der Waals surface area contributed by atoms with Crippen molar-refractivity contribution in [2.75, 3.05) is 18.0 Å². The number of carbonyl (C=O) groups is 2. The van der Waals surface area contributed by atoms with E-state index in [0.29, 0.717) is 17.2 Å². The maximum atomic E-state index is 13.1. The smallest absolute Gasteiger partial charge is 0.338 e. The van der Waals surface area contributed by atoms with Gasteiger partial charge in [0.05, 0.1) is 11.6 Å². The van der Waals surface area contributed by atoms with Crippen LogP contribution in [0.25, 0.3) is 0 Å². The zero-order valence-electron chi connectivity index (χ0n) is 18.0. The number of esters is 1. The summed E-state index contributed by atoms with van der Waals surface area (Å²) in [7, 11) is 0. The molecule has 0 aromatic heterocycles. The minimum absolute atomic E-state index is 0.0464. The summed E-state index contributed by atoms with van der Waals surface area (Å²) in [6.07, 6.45) is 4.04. The van der Waals surface area contributed by atoms with E-state index in [-0.39, 0.29) is 18.1 Å². The normalized spacial score (nSPS) is 24.6. The van der Waals surface area contributed by atoms with Gasteiger partial charge < -0.3 is 20.3 Å². The van der Waals surface area contributed by atoms with E-state index in [4.69, 9.17) is 4.74 Å². The zero-order chi connectivity index (χ0) is 21.0. The highest BCUT2D eigenvalue weighted by molar-refractivity contribution is 5.95. The third-order valence-electron chi connectivity index (χ3n) is 6.01. The number of nitrogens with one attached hydrogen (secondary N) is 2. The van der Waals surface area contributed by atoms with Gasteiger partial charge in [0, 0.05) is 24.5 Å². The lowest BCUT2D eigenvalue weighted by Gasteiger charge is -2.31. The Hall–Kier alpha value is -2.50. The summed E-state index contributed by atoms with van der Waals surface area (Å²) in [6, 6.07) is 7.22. The Morgan fingerprint density at radius 1 is 1.17 bits per heavy atom. The molecule has 1 aliphatic heterocycles. The quantitative estimate of drug-likeness (QED) is 0.701. The van der Waals surface area contributed by atoms with Gasteiger partial charge in [-0.15, -0.1) is 0 Å². The van der Waals surface area contributed by atoms with Gasteiger partial charge in [0.25, 0.3) is 0 Å². The Kier molecular flexibility index (Phi) is 6.83. The Morgan fingerprint density at radius 3 is 2.48 bits per heavy atom. The van der Waals surface area contributed by atoms with Crippen LogP contribution in [0.2, 0.25) is 0 Å². The summed E-state index contributed by atoms with van der Waals surface area (Å²) in [5.41, 5.74) is 3.04. The number of nitrogens with zero attached hydrogens (tertiary/aromatic N) is 1. The van der Waals surface area contributed by atoms with Crippen LogP contribution < -0.4 is 15.5 Å². The fourth-order valence-corrected chi connectivity index (χ4v) is 4.38. The molecule has 3 atom stereocenters. The molecule has 6 heteroatoms. The molecule has 1 aliphatic carbocycles. The first-order valence-electron chi connectivity index (χ1n) is 10.8. The minimum atomic E-state index is -0.511. The molecule has 1 aromatic carbocycles. The fourth-order valence-electron chi connectivity index (χ4n) is 4.38. The van der Waals surface area contributed by atoms with E-state index in [2.05, 4.69) is 36.3 Å². The molecule has 2 N–H and O–H groups in total. The molecule has 1 heterocycles. The molecule has 0 unspecified atom stereocenters. The SMILES string of the molecule is CCN(CC)c1ccc([C@H]2NC(=O)NC(C)=C2C(=O)O[C@@H]2CCC[C@@H](C)C2)cc1. The molecule has 1 aromatic rings. The van der Waals surface area contributed by atoms with Crippen molar-refractivity contribution in [2.45, 2.75) is 65.5 Å². The monoisotopic (exact) mass is 399 g/mol. The Bertz CT molecular complexity index is 768. The molecule has 0 saturated heterocycles. The van der Waals surface area contributed by atoms with E-state index in [1.807, 2.05) is 24.3 Å². The third-order valence-corrected chi connectivity index (χ3v) is 6.01. The molecule has 3 rings (SSSR count). The molecule has 29 heavy (non-hydrogen) atoms. The van der Waals surface area contributed by atoms with E-state index in [1.54, 1.807) is 6.92 Å². The maximum absolute atomic E-state index is 13.1. The van der Waals surface area contributed by atoms with Crippen molar-refractivity contribution in [3.63, 3.8) is 0 Å². The number of amides is 2. The van der Waals surface area contributed by atoms with Crippen molar-refractivity contribution in [2.24, 2.45) is 5.92 Å². The van der Waals surface area contributed by atoms with Crippen LogP contribution in [-0.2, 0) is 9.53 Å². The Labute approximate surface area is 173 Å². The summed E-state index contributed by atoms with van der Waals surface area (Å²) in [5, 5.41) is 5.62. The highest BCUT2D eigenvalue weighted by atomic mass is 16.5. The van der Waals surface area contributed by atoms with Crippen molar-refractivity contribution >= 4 is 17.7 Å². The first-order chi connectivity index (χ1) is 13.9. The van der Waals surface area contributed by atoms with Crippen LogP contribution in [-0.4, -0.2) is 31.2 Å². The van der Waals surface area contributed by atoms with Crippen LogP contribution in [0.4, 0.5) is 10.5 Å². The molecule has 0 bridgehead atoms. The van der Waals surface area contributed by atoms with Gasteiger partial charge in [0.15, 0.2) is 0 Å². The second kappa shape index (κ2) is 9.33. The molecule has 1 saturated carbocycles. The fraction of sp³-hybridized carbons (Fsp3) is 0.565. The van der Waals surface area contributed by atoms with Gasteiger partial charge >= 0.3 is 12.0 Å². The van der Waals surface area contributed by atoms with Gasteiger partial charge in [-0.2, -0.15) is 0 Å². The number of ether oxygens (including phenoxy) is 1. The second-order valence-corrected chi connectivity index (χ2v) is 8.13. The predicted molar refractivity (Wildman–Crippen MR) is 115 cm³/mol. The largest absolute Gasteiger partial charge is 0.459 e. The average Bonchev–Trinajstić information content (AvgIpc) is 2.68. The highest BCUT2D eigenvalue weighted by Gasteiger charge is 2.34. The van der Waals surface area contributed by atoms with Gasteiger partial charge in [-0.3, -0.25) is 0 Å². The molecule has 2 aliphatic rings. The molecule has 2 amide bonds. The van der Waals surface area contributed by atoms with E-state index < -0.39 is 6.04 Å². The second-order valence-electron chi connectivity index (χ2n) is 8.13. The van der Waals surface area contributed by atoms with E-state index in [1.165, 1.54) is 6.42 Å². The van der Waals surface area contributed by atoms with Crippen LogP contribution in [0, 0.1) is 5.92 Å². The summed E-state index contributed by atoms with van der Waals surface area (Å²) < 4.78 is 5.86. The van der Waals surface area contributed by atoms with Gasteiger partial charge in [0.1, 0.15) is 6.10 Å². The first-order valence-corrected chi connectivity index (χ1v) is 10.8. The van der Waals surface area contributed by atoms with E-state index >= 15 is 0 Å². The van der Waals surface area contributed by atoms with E-state index in [9.17, 15) is 9.59 Å². The van der Waals surface area contributed by atoms with Crippen LogP contribution in [0.5, 0.6) is 0 Å². The Morgan fingerprint density at radius 2 is 1.86 bits per heavy atom. The molecular weight excluding hydrogens is 366 g/mol. The van der Waals surface area contributed by atoms with Crippen molar-refractivity contribution in [3.05, 3.63) is 41.1 Å². The molecule has 0 spiro atoms. The maximum Gasteiger partial charge on any atom is 0.338 e. The molecule has 158 valence electrons. The molecule has 0 radical (unpaired) electrons. The number of benzene rings is 1. The number of carbonyl (C=O) groups excluding carboxylic acids is 2. The summed E-state index contributed by atoms with van der Waals surface area (Å²) >= 11 is 0. The average molecular weight is 400 g/mol. The Balaban J connectivity index is 1.83. The number of hydrogen-bond acceptors (Lipinski definition) is 4. The van der Waals surface area contributed by atoms with Crippen molar-refractivity contribution in [1.82, 2.24) is 10.6 Å². The number of anilines is 1. The standard InChI is InChI=1S/C23H33N3O3/c1-5-26(6-2)18-12-10-17(11-13-18)21-20(16(4)24-23(28)25-21)22(27)29-19-9-7-8-15(3)14-19/h10-13,15,19,21H,5-9,14H2,1-4H3,(H2,24,25,28)/t15-,19-,21-/m1/s1. The summed E-state index contributed by atoms with van der Waals surface area (Å²) in [4.78, 5) is 27.4. The van der Waals surface area contributed by atoms with Gasteiger partial charge in [-0.05, 0) is 63.6 Å². The predicted octanol–water partition coefficient (Wildman–Crippen LogP) is 4.28. The number of rotatable bonds is 6. The van der Waals surface area contributed by atoms with Crippen LogP contribution in [0.15, 0.2) is 35.5 Å². The lowest BCUT2D eigenvalue weighted by atomic mass is 9.88. The summed E-state index contributed by atoms with van der Waals surface area (Å²) in [6.45, 7) is 10.1.